The number of likely N-dealkylation sites (N-methyl/N-ethyl adjacent to an activating group) is 1. The van der Waals surface area contributed by atoms with Crippen LogP contribution in [0.4, 0.5) is 4.39 Å². The number of benzene rings is 2. The van der Waals surface area contributed by atoms with Gasteiger partial charge in [-0.05, 0) is 74.5 Å². The molecule has 0 spiro atoms. The molecule has 0 unspecified atom stereocenters. The number of nitrogens with zero attached hydrogens (tertiary/aromatic N) is 2. The second kappa shape index (κ2) is 8.97. The van der Waals surface area contributed by atoms with E-state index in [4.69, 9.17) is 0 Å². The van der Waals surface area contributed by atoms with Gasteiger partial charge in [-0.15, -0.1) is 0 Å². The van der Waals surface area contributed by atoms with E-state index >= 15 is 0 Å². The molecule has 3 rings (SSSR count). The normalized spacial score (nSPS) is 13.2. The monoisotopic (exact) mass is 391 g/mol. The van der Waals surface area contributed by atoms with Crippen LogP contribution in [0.15, 0.2) is 67.0 Å². The fourth-order valence-corrected chi connectivity index (χ4v) is 3.52. The molecule has 0 aliphatic carbocycles. The maximum absolute atomic E-state index is 13.4. The molecular formula is C24H26FN3O. The summed E-state index contributed by atoms with van der Waals surface area (Å²) in [6.45, 7) is 4.08. The predicted molar refractivity (Wildman–Crippen MR) is 113 cm³/mol. The zero-order valence-electron chi connectivity index (χ0n) is 17.2. The van der Waals surface area contributed by atoms with Gasteiger partial charge in [0.1, 0.15) is 11.9 Å². The first-order valence-electron chi connectivity index (χ1n) is 9.56. The lowest BCUT2D eigenvalue weighted by Crippen LogP contribution is -2.39. The highest BCUT2D eigenvalue weighted by atomic mass is 19.1. The summed E-state index contributed by atoms with van der Waals surface area (Å²) >= 11 is 0. The van der Waals surface area contributed by atoms with Crippen LogP contribution in [0, 0.1) is 19.7 Å². The molecular weight excluding hydrogens is 365 g/mol. The van der Waals surface area contributed by atoms with Crippen LogP contribution in [-0.4, -0.2) is 29.9 Å². The number of aryl methyl sites for hydroxylation is 2. The molecule has 0 saturated heterocycles. The van der Waals surface area contributed by atoms with Crippen molar-refractivity contribution in [2.45, 2.75) is 25.9 Å². The smallest absolute Gasteiger partial charge is 0.242 e. The first kappa shape index (κ1) is 20.7. The summed E-state index contributed by atoms with van der Waals surface area (Å²) < 4.78 is 13.4. The maximum Gasteiger partial charge on any atom is 0.242 e. The molecule has 0 bridgehead atoms. The molecule has 1 amide bonds. The topological polar surface area (TPSA) is 45.2 Å². The molecule has 0 fully saturated rings. The molecule has 0 radical (unpaired) electrons. The maximum atomic E-state index is 13.4. The Labute approximate surface area is 171 Å². The van der Waals surface area contributed by atoms with Gasteiger partial charge in [-0.1, -0.05) is 35.9 Å². The Morgan fingerprint density at radius 2 is 1.62 bits per heavy atom. The van der Waals surface area contributed by atoms with Crippen LogP contribution in [0.25, 0.3) is 0 Å². The van der Waals surface area contributed by atoms with Crippen LogP contribution in [0.3, 0.4) is 0 Å². The van der Waals surface area contributed by atoms with Gasteiger partial charge in [0, 0.05) is 12.4 Å². The fraction of sp³-hybridized carbons (Fsp3) is 0.250. The SMILES string of the molecule is Cc1ccc(C)c([C@@H](NC(=O)[C@H](c2ccc(F)cc2)N(C)C)c2ccncc2)c1. The number of pyridine rings is 1. The van der Waals surface area contributed by atoms with Gasteiger partial charge >= 0.3 is 0 Å². The Bertz CT molecular complexity index is 971. The highest BCUT2D eigenvalue weighted by Gasteiger charge is 2.27. The van der Waals surface area contributed by atoms with Gasteiger partial charge in [-0.25, -0.2) is 4.39 Å². The number of carbonyl (C=O) groups excluding carboxylic acids is 1. The molecule has 4 nitrogen and oxygen atoms in total. The number of hydrogen-bond donors (Lipinski definition) is 1. The number of nitrogens with one attached hydrogen (secondary N) is 1. The van der Waals surface area contributed by atoms with E-state index in [0.29, 0.717) is 0 Å². The van der Waals surface area contributed by atoms with Crippen molar-refractivity contribution in [1.82, 2.24) is 15.2 Å². The molecule has 1 heterocycles. The van der Waals surface area contributed by atoms with Crippen molar-refractivity contribution in [3.63, 3.8) is 0 Å². The van der Waals surface area contributed by atoms with Crippen LogP contribution in [0.1, 0.15) is 39.9 Å². The third-order valence-electron chi connectivity index (χ3n) is 5.02. The van der Waals surface area contributed by atoms with Crippen LogP contribution < -0.4 is 5.32 Å². The quantitative estimate of drug-likeness (QED) is 0.680. The summed E-state index contributed by atoms with van der Waals surface area (Å²) in [6.07, 6.45) is 3.45. The number of rotatable bonds is 6. The summed E-state index contributed by atoms with van der Waals surface area (Å²) in [5, 5.41) is 3.21. The third-order valence-corrected chi connectivity index (χ3v) is 5.02. The van der Waals surface area contributed by atoms with Crippen molar-refractivity contribution in [1.29, 1.82) is 0 Å². The van der Waals surface area contributed by atoms with Gasteiger partial charge in [0.05, 0.1) is 6.04 Å². The standard InChI is InChI=1S/C24H26FN3O/c1-16-5-6-17(2)21(15-16)22(18-11-13-26-14-12-18)27-24(29)23(28(3)4)19-7-9-20(25)10-8-19/h5-15,22-23H,1-4H3,(H,27,29)/t22-,23-/m0/s1. The van der Waals surface area contributed by atoms with Crippen molar-refractivity contribution < 1.29 is 9.18 Å². The molecule has 2 aromatic carbocycles. The second-order valence-corrected chi connectivity index (χ2v) is 7.50. The highest BCUT2D eigenvalue weighted by molar-refractivity contribution is 5.84. The van der Waals surface area contributed by atoms with Gasteiger partial charge in [0.25, 0.3) is 0 Å². The number of halogens is 1. The van der Waals surface area contributed by atoms with Gasteiger partial charge in [0.15, 0.2) is 0 Å². The molecule has 2 atom stereocenters. The number of carbonyl (C=O) groups is 1. The number of amides is 1. The van der Waals surface area contributed by atoms with Crippen molar-refractivity contribution >= 4 is 5.91 Å². The predicted octanol–water partition coefficient (Wildman–Crippen LogP) is 4.35. The Hall–Kier alpha value is -3.05. The van der Waals surface area contributed by atoms with E-state index in [1.807, 2.05) is 45.0 Å². The molecule has 5 heteroatoms. The average molecular weight is 391 g/mol. The van der Waals surface area contributed by atoms with Gasteiger partial charge in [-0.2, -0.15) is 0 Å². The largest absolute Gasteiger partial charge is 0.344 e. The highest BCUT2D eigenvalue weighted by Crippen LogP contribution is 2.28. The zero-order chi connectivity index (χ0) is 21.0. The van der Waals surface area contributed by atoms with E-state index in [2.05, 4.69) is 28.5 Å². The minimum Gasteiger partial charge on any atom is -0.344 e. The Morgan fingerprint density at radius 3 is 2.24 bits per heavy atom. The summed E-state index contributed by atoms with van der Waals surface area (Å²) in [5.74, 6) is -0.471. The number of aromatic nitrogens is 1. The molecule has 0 aliphatic rings. The first-order chi connectivity index (χ1) is 13.9. The van der Waals surface area contributed by atoms with Gasteiger partial charge in [-0.3, -0.25) is 14.7 Å². The summed E-state index contributed by atoms with van der Waals surface area (Å²) in [4.78, 5) is 19.3. The lowest BCUT2D eigenvalue weighted by atomic mass is 9.93. The minimum absolute atomic E-state index is 0.149. The average Bonchev–Trinajstić information content (AvgIpc) is 2.70. The van der Waals surface area contributed by atoms with Crippen LogP contribution in [0.2, 0.25) is 0 Å². The summed E-state index contributed by atoms with van der Waals surface area (Å²) in [5.41, 5.74) is 4.96. The Morgan fingerprint density at radius 1 is 0.966 bits per heavy atom. The molecule has 3 aromatic rings. The molecule has 0 saturated carbocycles. The van der Waals surface area contributed by atoms with Gasteiger partial charge < -0.3 is 5.32 Å². The van der Waals surface area contributed by atoms with E-state index in [1.54, 1.807) is 24.5 Å². The fourth-order valence-electron chi connectivity index (χ4n) is 3.52. The molecule has 29 heavy (non-hydrogen) atoms. The van der Waals surface area contributed by atoms with Crippen LogP contribution in [0.5, 0.6) is 0 Å². The van der Waals surface area contributed by atoms with Crippen molar-refractivity contribution in [3.05, 3.63) is 101 Å². The van der Waals surface area contributed by atoms with Crippen molar-refractivity contribution in [3.8, 4) is 0 Å². The molecule has 150 valence electrons. The third kappa shape index (κ3) is 4.87. The van der Waals surface area contributed by atoms with Crippen LogP contribution >= 0.6 is 0 Å². The van der Waals surface area contributed by atoms with Crippen molar-refractivity contribution in [2.24, 2.45) is 0 Å². The van der Waals surface area contributed by atoms with Crippen molar-refractivity contribution in [2.75, 3.05) is 14.1 Å². The van der Waals surface area contributed by atoms with E-state index in [1.165, 1.54) is 12.1 Å². The molecule has 1 aromatic heterocycles. The lowest BCUT2D eigenvalue weighted by Gasteiger charge is -2.28. The second-order valence-electron chi connectivity index (χ2n) is 7.50. The van der Waals surface area contributed by atoms with E-state index in [9.17, 15) is 9.18 Å². The van der Waals surface area contributed by atoms with Gasteiger partial charge in [0.2, 0.25) is 5.91 Å². The number of hydrogen-bond acceptors (Lipinski definition) is 3. The van der Waals surface area contributed by atoms with E-state index in [0.717, 1.165) is 27.8 Å². The zero-order valence-corrected chi connectivity index (χ0v) is 17.2. The lowest BCUT2D eigenvalue weighted by molar-refractivity contribution is -0.126. The van der Waals surface area contributed by atoms with E-state index in [-0.39, 0.29) is 17.8 Å². The molecule has 1 N–H and O–H groups in total. The summed E-state index contributed by atoms with van der Waals surface area (Å²) in [6, 6.07) is 15.3. The Balaban J connectivity index is 1.99. The summed E-state index contributed by atoms with van der Waals surface area (Å²) in [7, 11) is 3.68. The first-order valence-corrected chi connectivity index (χ1v) is 9.56. The Kier molecular flexibility index (Phi) is 6.39. The van der Waals surface area contributed by atoms with Crippen LogP contribution in [-0.2, 0) is 4.79 Å². The van der Waals surface area contributed by atoms with E-state index < -0.39 is 6.04 Å². The molecule has 0 aliphatic heterocycles. The minimum atomic E-state index is -0.537.